The van der Waals surface area contributed by atoms with Crippen LogP contribution in [-0.2, 0) is 0 Å². The summed E-state index contributed by atoms with van der Waals surface area (Å²) >= 11 is 0. The Kier molecular flexibility index (Phi) is 3.01. The van der Waals surface area contributed by atoms with Crippen LogP contribution < -0.4 is 0 Å². The average Bonchev–Trinajstić information content (AvgIpc) is 2.95. The molecule has 0 spiro atoms. The number of imidazole rings is 1. The van der Waals surface area contributed by atoms with Gasteiger partial charge in [-0.25, -0.2) is 4.98 Å². The van der Waals surface area contributed by atoms with Gasteiger partial charge in [0.1, 0.15) is 5.82 Å². The van der Waals surface area contributed by atoms with E-state index >= 15 is 0 Å². The zero-order valence-corrected chi connectivity index (χ0v) is 12.4. The third-order valence-electron chi connectivity index (χ3n) is 3.96. The number of aryl methyl sites for hydroxylation is 1. The van der Waals surface area contributed by atoms with Gasteiger partial charge in [-0.1, -0.05) is 54.6 Å². The van der Waals surface area contributed by atoms with Gasteiger partial charge in [-0.2, -0.15) is 0 Å². The first-order chi connectivity index (χ1) is 10.8. The highest BCUT2D eigenvalue weighted by atomic mass is 15.1. The van der Waals surface area contributed by atoms with Crippen LogP contribution >= 0.6 is 0 Å². The second kappa shape index (κ2) is 5.15. The van der Waals surface area contributed by atoms with Gasteiger partial charge in [0.25, 0.3) is 0 Å². The summed E-state index contributed by atoms with van der Waals surface area (Å²) in [6, 6.07) is 27.1. The second-order valence-electron chi connectivity index (χ2n) is 5.41. The maximum absolute atomic E-state index is 4.88. The third-order valence-corrected chi connectivity index (χ3v) is 3.96. The molecule has 0 unspecified atom stereocenters. The van der Waals surface area contributed by atoms with Crippen molar-refractivity contribution >= 4 is 11.0 Å². The van der Waals surface area contributed by atoms with E-state index in [-0.39, 0.29) is 0 Å². The molecule has 2 heteroatoms. The molecule has 106 valence electrons. The molecule has 0 saturated heterocycles. The highest BCUT2D eigenvalue weighted by Gasteiger charge is 2.14. The summed E-state index contributed by atoms with van der Waals surface area (Å²) in [4.78, 5) is 4.88. The number of aromatic nitrogens is 2. The van der Waals surface area contributed by atoms with Crippen molar-refractivity contribution in [3.63, 3.8) is 0 Å². The van der Waals surface area contributed by atoms with Crippen molar-refractivity contribution < 1.29 is 0 Å². The Labute approximate surface area is 129 Å². The van der Waals surface area contributed by atoms with E-state index in [2.05, 4.69) is 78.2 Å². The number of fused-ring (bicyclic) bond motifs is 1. The number of hydrogen-bond acceptors (Lipinski definition) is 1. The number of rotatable bonds is 2. The molecule has 1 heterocycles. The lowest BCUT2D eigenvalue weighted by molar-refractivity contribution is 1.10. The first-order valence-corrected chi connectivity index (χ1v) is 7.43. The van der Waals surface area contributed by atoms with E-state index in [9.17, 15) is 0 Å². The van der Waals surface area contributed by atoms with Crippen molar-refractivity contribution in [2.75, 3.05) is 0 Å². The van der Waals surface area contributed by atoms with Gasteiger partial charge >= 0.3 is 0 Å². The smallest absolute Gasteiger partial charge is 0.145 e. The standard InChI is InChI=1S/C20H16N2/c1-15-9-5-6-12-17(15)20-21-18-13-7-8-14-19(18)22(20)16-10-3-2-4-11-16/h2-14H,1H3. The molecule has 1 aromatic heterocycles. The average molecular weight is 284 g/mol. The first kappa shape index (κ1) is 12.8. The van der Waals surface area contributed by atoms with E-state index in [1.54, 1.807) is 0 Å². The molecule has 22 heavy (non-hydrogen) atoms. The molecule has 0 aliphatic carbocycles. The fourth-order valence-corrected chi connectivity index (χ4v) is 2.87. The topological polar surface area (TPSA) is 17.8 Å². The van der Waals surface area contributed by atoms with Gasteiger partial charge in [-0.15, -0.1) is 0 Å². The Morgan fingerprint density at radius 1 is 0.727 bits per heavy atom. The van der Waals surface area contributed by atoms with Gasteiger partial charge < -0.3 is 0 Å². The lowest BCUT2D eigenvalue weighted by atomic mass is 10.1. The number of para-hydroxylation sites is 3. The van der Waals surface area contributed by atoms with Crippen LogP contribution in [0.3, 0.4) is 0 Å². The van der Waals surface area contributed by atoms with E-state index in [1.165, 1.54) is 11.1 Å². The predicted molar refractivity (Wildman–Crippen MR) is 91.2 cm³/mol. The number of nitrogens with zero attached hydrogens (tertiary/aromatic N) is 2. The highest BCUT2D eigenvalue weighted by Crippen LogP contribution is 2.30. The quantitative estimate of drug-likeness (QED) is 0.506. The van der Waals surface area contributed by atoms with Gasteiger partial charge in [0.2, 0.25) is 0 Å². The Bertz CT molecular complexity index is 936. The lowest BCUT2D eigenvalue weighted by Gasteiger charge is -2.11. The molecule has 3 aromatic carbocycles. The Hall–Kier alpha value is -2.87. The molecule has 4 aromatic rings. The van der Waals surface area contributed by atoms with Crippen LogP contribution in [0.5, 0.6) is 0 Å². The molecule has 0 radical (unpaired) electrons. The molecule has 0 aliphatic rings. The maximum Gasteiger partial charge on any atom is 0.145 e. The molecule has 0 amide bonds. The van der Waals surface area contributed by atoms with Gasteiger partial charge in [-0.05, 0) is 36.8 Å². The van der Waals surface area contributed by atoms with Crippen molar-refractivity contribution in [2.45, 2.75) is 6.92 Å². The van der Waals surface area contributed by atoms with Crippen LogP contribution in [0.25, 0.3) is 28.1 Å². The first-order valence-electron chi connectivity index (χ1n) is 7.43. The maximum atomic E-state index is 4.88. The van der Waals surface area contributed by atoms with Crippen LogP contribution in [0, 0.1) is 6.92 Å². The zero-order chi connectivity index (χ0) is 14.9. The largest absolute Gasteiger partial charge is 0.292 e. The highest BCUT2D eigenvalue weighted by molar-refractivity contribution is 5.83. The molecule has 0 atom stereocenters. The second-order valence-corrected chi connectivity index (χ2v) is 5.41. The summed E-state index contributed by atoms with van der Waals surface area (Å²) in [6.45, 7) is 2.13. The normalized spacial score (nSPS) is 11.0. The summed E-state index contributed by atoms with van der Waals surface area (Å²) in [5, 5.41) is 0. The lowest BCUT2D eigenvalue weighted by Crippen LogP contribution is -1.98. The van der Waals surface area contributed by atoms with Crippen molar-refractivity contribution in [3.8, 4) is 17.1 Å². The minimum Gasteiger partial charge on any atom is -0.292 e. The molecule has 0 N–H and O–H groups in total. The van der Waals surface area contributed by atoms with E-state index < -0.39 is 0 Å². The molecule has 4 rings (SSSR count). The van der Waals surface area contributed by atoms with Gasteiger partial charge in [0.05, 0.1) is 11.0 Å². The van der Waals surface area contributed by atoms with E-state index in [1.807, 2.05) is 12.1 Å². The Balaban J connectivity index is 2.09. The fourth-order valence-electron chi connectivity index (χ4n) is 2.87. The fraction of sp³-hybridized carbons (Fsp3) is 0.0500. The molecule has 0 saturated carbocycles. The van der Waals surface area contributed by atoms with Gasteiger partial charge in [-0.3, -0.25) is 4.57 Å². The minimum atomic E-state index is 0.991. The van der Waals surface area contributed by atoms with Crippen molar-refractivity contribution in [1.82, 2.24) is 9.55 Å². The Morgan fingerprint density at radius 3 is 2.23 bits per heavy atom. The van der Waals surface area contributed by atoms with Crippen LogP contribution in [0.2, 0.25) is 0 Å². The minimum absolute atomic E-state index is 0.991. The number of benzene rings is 3. The summed E-state index contributed by atoms with van der Waals surface area (Å²) in [7, 11) is 0. The molecular formula is C20H16N2. The van der Waals surface area contributed by atoms with Crippen molar-refractivity contribution in [2.24, 2.45) is 0 Å². The summed E-state index contributed by atoms with van der Waals surface area (Å²) < 4.78 is 2.23. The van der Waals surface area contributed by atoms with Crippen LogP contribution in [0.15, 0.2) is 78.9 Å². The summed E-state index contributed by atoms with van der Waals surface area (Å²) in [5.41, 5.74) is 5.68. The van der Waals surface area contributed by atoms with Crippen LogP contribution in [0.1, 0.15) is 5.56 Å². The Morgan fingerprint density at radius 2 is 1.41 bits per heavy atom. The van der Waals surface area contributed by atoms with Crippen LogP contribution in [0.4, 0.5) is 0 Å². The predicted octanol–water partition coefficient (Wildman–Crippen LogP) is 5.00. The zero-order valence-electron chi connectivity index (χ0n) is 12.4. The van der Waals surface area contributed by atoms with Crippen LogP contribution in [-0.4, -0.2) is 9.55 Å². The van der Waals surface area contributed by atoms with E-state index in [4.69, 9.17) is 4.98 Å². The molecule has 0 fully saturated rings. The molecular weight excluding hydrogens is 268 g/mol. The van der Waals surface area contributed by atoms with Crippen molar-refractivity contribution in [1.29, 1.82) is 0 Å². The van der Waals surface area contributed by atoms with Gasteiger partial charge in [0.15, 0.2) is 0 Å². The molecule has 2 nitrogen and oxygen atoms in total. The number of hydrogen-bond donors (Lipinski definition) is 0. The third kappa shape index (κ3) is 2.01. The van der Waals surface area contributed by atoms with E-state index in [0.29, 0.717) is 0 Å². The van der Waals surface area contributed by atoms with Gasteiger partial charge in [0, 0.05) is 11.3 Å². The van der Waals surface area contributed by atoms with Crippen molar-refractivity contribution in [3.05, 3.63) is 84.4 Å². The summed E-state index contributed by atoms with van der Waals surface area (Å²) in [5.74, 6) is 0.991. The van der Waals surface area contributed by atoms with E-state index in [0.717, 1.165) is 22.5 Å². The summed E-state index contributed by atoms with van der Waals surface area (Å²) in [6.07, 6.45) is 0. The molecule has 0 bridgehead atoms. The monoisotopic (exact) mass is 284 g/mol. The SMILES string of the molecule is Cc1ccccc1-c1nc2ccccc2n1-c1ccccc1. The molecule has 0 aliphatic heterocycles.